The Bertz CT molecular complexity index is 403. The first-order valence-electron chi connectivity index (χ1n) is 6.82. The number of nitrogens with two attached hydrogens (primary N) is 1. The van der Waals surface area contributed by atoms with E-state index in [1.54, 1.807) is 0 Å². The predicted molar refractivity (Wildman–Crippen MR) is 77.0 cm³/mol. The van der Waals surface area contributed by atoms with E-state index in [1.807, 2.05) is 0 Å². The van der Waals surface area contributed by atoms with Crippen LogP contribution in [0.5, 0.6) is 0 Å². The molecule has 0 aliphatic heterocycles. The monoisotopic (exact) mass is 246 g/mol. The van der Waals surface area contributed by atoms with Gasteiger partial charge in [0.2, 0.25) is 0 Å². The predicted octanol–water partition coefficient (Wildman–Crippen LogP) is 3.05. The number of rotatable bonds is 4. The SMILES string of the molecule is Cc1ccc(CC(NN)C2C(C)(C)C2(C)C)cc1. The molecule has 100 valence electrons. The van der Waals surface area contributed by atoms with Crippen LogP contribution in [0.4, 0.5) is 0 Å². The van der Waals surface area contributed by atoms with E-state index in [2.05, 4.69) is 64.3 Å². The van der Waals surface area contributed by atoms with Gasteiger partial charge in [-0.25, -0.2) is 0 Å². The quantitative estimate of drug-likeness (QED) is 0.633. The number of hydrazine groups is 1. The number of hydrogen-bond donors (Lipinski definition) is 2. The van der Waals surface area contributed by atoms with Gasteiger partial charge in [0.15, 0.2) is 0 Å². The zero-order chi connectivity index (χ0) is 13.6. The summed E-state index contributed by atoms with van der Waals surface area (Å²) < 4.78 is 0. The highest BCUT2D eigenvalue weighted by molar-refractivity contribution is 5.24. The summed E-state index contributed by atoms with van der Waals surface area (Å²) in [5, 5.41) is 0. The Morgan fingerprint density at radius 3 is 2.00 bits per heavy atom. The van der Waals surface area contributed by atoms with Crippen LogP contribution < -0.4 is 11.3 Å². The summed E-state index contributed by atoms with van der Waals surface area (Å²) in [6.07, 6.45) is 1.01. The third-order valence-electron chi connectivity index (χ3n) is 5.33. The summed E-state index contributed by atoms with van der Waals surface area (Å²) in [6, 6.07) is 9.13. The molecule has 2 heteroatoms. The largest absolute Gasteiger partial charge is 0.271 e. The molecular formula is C16H26N2. The highest BCUT2D eigenvalue weighted by Crippen LogP contribution is 2.69. The Balaban J connectivity index is 2.10. The fourth-order valence-corrected chi connectivity index (χ4v) is 3.50. The van der Waals surface area contributed by atoms with E-state index in [0.717, 1.165) is 6.42 Å². The van der Waals surface area contributed by atoms with Crippen molar-refractivity contribution in [1.82, 2.24) is 5.43 Å². The fraction of sp³-hybridized carbons (Fsp3) is 0.625. The molecule has 0 saturated heterocycles. The molecule has 1 aliphatic carbocycles. The summed E-state index contributed by atoms with van der Waals surface area (Å²) in [5.74, 6) is 6.42. The zero-order valence-corrected chi connectivity index (χ0v) is 12.2. The molecule has 1 atom stereocenters. The number of hydrogen-bond acceptors (Lipinski definition) is 2. The van der Waals surface area contributed by atoms with Crippen LogP contribution in [0.3, 0.4) is 0 Å². The van der Waals surface area contributed by atoms with Crippen molar-refractivity contribution in [2.45, 2.75) is 47.1 Å². The summed E-state index contributed by atoms with van der Waals surface area (Å²) >= 11 is 0. The van der Waals surface area contributed by atoms with Gasteiger partial charge < -0.3 is 0 Å². The second kappa shape index (κ2) is 4.36. The second-order valence-electron chi connectivity index (χ2n) is 6.88. The van der Waals surface area contributed by atoms with Crippen LogP contribution in [-0.2, 0) is 6.42 Å². The molecule has 0 aromatic heterocycles. The minimum absolute atomic E-state index is 0.359. The molecule has 3 N–H and O–H groups in total. The first kappa shape index (κ1) is 13.6. The average molecular weight is 246 g/mol. The van der Waals surface area contributed by atoms with Gasteiger partial charge in [0, 0.05) is 6.04 Å². The van der Waals surface area contributed by atoms with Crippen LogP contribution in [0.15, 0.2) is 24.3 Å². The smallest absolute Gasteiger partial charge is 0.0289 e. The van der Waals surface area contributed by atoms with Crippen molar-refractivity contribution in [3.63, 3.8) is 0 Å². The molecule has 1 aliphatic rings. The van der Waals surface area contributed by atoms with E-state index >= 15 is 0 Å². The fourth-order valence-electron chi connectivity index (χ4n) is 3.50. The first-order valence-corrected chi connectivity index (χ1v) is 6.82. The lowest BCUT2D eigenvalue weighted by atomic mass is 9.97. The lowest BCUT2D eigenvalue weighted by molar-refractivity contribution is 0.402. The molecule has 2 nitrogen and oxygen atoms in total. The van der Waals surface area contributed by atoms with Crippen LogP contribution >= 0.6 is 0 Å². The molecule has 0 heterocycles. The molecule has 1 aromatic carbocycles. The topological polar surface area (TPSA) is 38.0 Å². The van der Waals surface area contributed by atoms with Gasteiger partial charge >= 0.3 is 0 Å². The van der Waals surface area contributed by atoms with Gasteiger partial charge in [-0.05, 0) is 35.7 Å². The lowest BCUT2D eigenvalue weighted by Gasteiger charge is -2.18. The molecule has 2 rings (SSSR count). The maximum Gasteiger partial charge on any atom is 0.0289 e. The molecular weight excluding hydrogens is 220 g/mol. The maximum absolute atomic E-state index is 5.78. The summed E-state index contributed by atoms with van der Waals surface area (Å²) in [5.41, 5.74) is 6.45. The average Bonchev–Trinajstić information content (AvgIpc) is 2.70. The Morgan fingerprint density at radius 2 is 1.61 bits per heavy atom. The van der Waals surface area contributed by atoms with E-state index in [0.29, 0.717) is 22.8 Å². The zero-order valence-electron chi connectivity index (χ0n) is 12.2. The van der Waals surface area contributed by atoms with E-state index in [4.69, 9.17) is 5.84 Å². The van der Waals surface area contributed by atoms with E-state index < -0.39 is 0 Å². The number of benzene rings is 1. The van der Waals surface area contributed by atoms with Gasteiger partial charge in [-0.3, -0.25) is 11.3 Å². The van der Waals surface area contributed by atoms with E-state index in [9.17, 15) is 0 Å². The normalized spacial score (nSPS) is 22.8. The summed E-state index contributed by atoms with van der Waals surface area (Å²) in [6.45, 7) is 11.5. The van der Waals surface area contributed by atoms with Crippen molar-refractivity contribution in [3.8, 4) is 0 Å². The molecule has 0 spiro atoms. The number of nitrogens with one attached hydrogen (secondary N) is 1. The molecule has 1 fully saturated rings. The minimum Gasteiger partial charge on any atom is -0.271 e. The van der Waals surface area contributed by atoms with Gasteiger partial charge in [0.25, 0.3) is 0 Å². The van der Waals surface area contributed by atoms with Gasteiger partial charge in [-0.15, -0.1) is 0 Å². The van der Waals surface area contributed by atoms with Crippen molar-refractivity contribution in [2.75, 3.05) is 0 Å². The van der Waals surface area contributed by atoms with Crippen LogP contribution in [0.2, 0.25) is 0 Å². The maximum atomic E-state index is 5.78. The second-order valence-corrected chi connectivity index (χ2v) is 6.88. The molecule has 18 heavy (non-hydrogen) atoms. The van der Waals surface area contributed by atoms with Crippen molar-refractivity contribution in [3.05, 3.63) is 35.4 Å². The van der Waals surface area contributed by atoms with Crippen LogP contribution in [0.25, 0.3) is 0 Å². The molecule has 1 saturated carbocycles. The summed E-state index contributed by atoms with van der Waals surface area (Å²) in [4.78, 5) is 0. The summed E-state index contributed by atoms with van der Waals surface area (Å²) in [7, 11) is 0. The molecule has 0 bridgehead atoms. The Morgan fingerprint density at radius 1 is 1.11 bits per heavy atom. The minimum atomic E-state index is 0.359. The third-order valence-corrected chi connectivity index (χ3v) is 5.33. The Kier molecular flexibility index (Phi) is 3.28. The standard InChI is InChI=1S/C16H26N2/c1-11-6-8-12(9-7-11)10-13(18-17)14-15(2,3)16(14,4)5/h6-9,13-14,18H,10,17H2,1-5H3. The Labute approximate surface area is 111 Å². The van der Waals surface area contributed by atoms with Crippen molar-refractivity contribution in [1.29, 1.82) is 0 Å². The lowest BCUT2D eigenvalue weighted by Crippen LogP contribution is -2.40. The molecule has 1 unspecified atom stereocenters. The molecule has 0 radical (unpaired) electrons. The van der Waals surface area contributed by atoms with Gasteiger partial charge in [-0.2, -0.15) is 0 Å². The van der Waals surface area contributed by atoms with Crippen molar-refractivity contribution >= 4 is 0 Å². The first-order chi connectivity index (χ1) is 8.30. The highest BCUT2D eigenvalue weighted by Gasteiger charge is 2.66. The van der Waals surface area contributed by atoms with E-state index in [1.165, 1.54) is 11.1 Å². The van der Waals surface area contributed by atoms with Gasteiger partial charge in [0.1, 0.15) is 0 Å². The highest BCUT2D eigenvalue weighted by atomic mass is 15.2. The molecule has 0 amide bonds. The third kappa shape index (κ3) is 2.08. The Hall–Kier alpha value is -0.860. The molecule has 1 aromatic rings. The van der Waals surface area contributed by atoms with Crippen LogP contribution in [0, 0.1) is 23.7 Å². The van der Waals surface area contributed by atoms with E-state index in [-0.39, 0.29) is 0 Å². The van der Waals surface area contributed by atoms with Crippen molar-refractivity contribution < 1.29 is 0 Å². The van der Waals surface area contributed by atoms with Crippen LogP contribution in [0.1, 0.15) is 38.8 Å². The van der Waals surface area contributed by atoms with Gasteiger partial charge in [0.05, 0.1) is 0 Å². The van der Waals surface area contributed by atoms with Crippen LogP contribution in [-0.4, -0.2) is 6.04 Å². The number of aryl methyl sites for hydroxylation is 1. The van der Waals surface area contributed by atoms with Gasteiger partial charge in [-0.1, -0.05) is 57.5 Å². The van der Waals surface area contributed by atoms with Crippen molar-refractivity contribution in [2.24, 2.45) is 22.6 Å².